The molecule has 0 atom stereocenters. The summed E-state index contributed by atoms with van der Waals surface area (Å²) in [6.45, 7) is 0.242. The smallest absolute Gasteiger partial charge is 0.251 e. The van der Waals surface area contributed by atoms with Crippen molar-refractivity contribution in [3.63, 3.8) is 0 Å². The average molecular weight is 245 g/mol. The molecule has 1 aromatic rings. The van der Waals surface area contributed by atoms with Crippen molar-refractivity contribution in [2.24, 2.45) is 5.73 Å². The van der Waals surface area contributed by atoms with Crippen molar-refractivity contribution in [2.75, 3.05) is 13.1 Å². The molecule has 16 heavy (non-hydrogen) atoms. The molecule has 1 aromatic carbocycles. The van der Waals surface area contributed by atoms with Crippen LogP contribution in [0.15, 0.2) is 42.2 Å². The Kier molecular flexibility index (Phi) is 7.16. The van der Waals surface area contributed by atoms with Crippen LogP contribution in [0.3, 0.4) is 0 Å². The van der Waals surface area contributed by atoms with E-state index >= 15 is 0 Å². The number of nitrogens with two attached hydrogens (primary N) is 1. The van der Waals surface area contributed by atoms with Crippen LogP contribution in [0, 0.1) is 0 Å². The topological polar surface area (TPSA) is 55.1 Å². The van der Waals surface area contributed by atoms with Crippen LogP contribution in [-0.4, -0.2) is 19.0 Å². The number of hydrogen-bond donors (Lipinski definition) is 2. The van der Waals surface area contributed by atoms with Gasteiger partial charge in [0.15, 0.2) is 0 Å². The third-order valence-corrected chi connectivity index (χ3v) is 1.93. The van der Waals surface area contributed by atoms with Gasteiger partial charge in [-0.1, -0.05) is 18.2 Å². The first-order valence-corrected chi connectivity index (χ1v) is 4.59. The van der Waals surface area contributed by atoms with Crippen molar-refractivity contribution in [1.82, 2.24) is 5.32 Å². The largest absolute Gasteiger partial charge is 0.348 e. The average Bonchev–Trinajstić information content (AvgIpc) is 2.31. The summed E-state index contributed by atoms with van der Waals surface area (Å²) in [6.07, 6.45) is 0.422. The fourth-order valence-corrected chi connectivity index (χ4v) is 1.04. The second-order valence-electron chi connectivity index (χ2n) is 3.02. The van der Waals surface area contributed by atoms with Crippen LogP contribution in [-0.2, 0) is 0 Å². The van der Waals surface area contributed by atoms with Crippen molar-refractivity contribution >= 4 is 18.3 Å². The zero-order valence-corrected chi connectivity index (χ0v) is 9.47. The Bertz CT molecular complexity index is 354. The zero-order valence-electron chi connectivity index (χ0n) is 8.65. The van der Waals surface area contributed by atoms with Gasteiger partial charge >= 0.3 is 0 Å². The summed E-state index contributed by atoms with van der Waals surface area (Å²) < 4.78 is 12.1. The second kappa shape index (κ2) is 7.84. The van der Waals surface area contributed by atoms with Crippen LogP contribution in [0.2, 0.25) is 0 Å². The van der Waals surface area contributed by atoms with Gasteiger partial charge in [0, 0.05) is 18.7 Å². The van der Waals surface area contributed by atoms with E-state index in [0.29, 0.717) is 17.5 Å². The molecule has 1 amide bonds. The fourth-order valence-electron chi connectivity index (χ4n) is 1.04. The van der Waals surface area contributed by atoms with Crippen LogP contribution >= 0.6 is 12.4 Å². The molecule has 0 saturated heterocycles. The molecule has 88 valence electrons. The van der Waals surface area contributed by atoms with Crippen LogP contribution in [0.25, 0.3) is 0 Å². The molecular formula is C11H14ClFN2O. The normalized spacial score (nSPS) is 10.5. The molecule has 0 heterocycles. The lowest BCUT2D eigenvalue weighted by Gasteiger charge is -2.05. The molecule has 3 nitrogen and oxygen atoms in total. The van der Waals surface area contributed by atoms with Crippen molar-refractivity contribution in [3.8, 4) is 0 Å². The Morgan fingerprint density at radius 2 is 2.00 bits per heavy atom. The quantitative estimate of drug-likeness (QED) is 0.846. The number of carbonyl (C=O) groups excluding carboxylic acids is 1. The maximum absolute atomic E-state index is 12.1. The van der Waals surface area contributed by atoms with Crippen molar-refractivity contribution in [3.05, 3.63) is 47.8 Å². The minimum atomic E-state index is -0.233. The Hall–Kier alpha value is -1.39. The van der Waals surface area contributed by atoms with Gasteiger partial charge in [0.25, 0.3) is 5.91 Å². The van der Waals surface area contributed by atoms with Crippen molar-refractivity contribution in [1.29, 1.82) is 0 Å². The highest BCUT2D eigenvalue weighted by atomic mass is 35.5. The van der Waals surface area contributed by atoms with E-state index < -0.39 is 0 Å². The number of halogens is 2. The molecule has 0 aliphatic rings. The minimum Gasteiger partial charge on any atom is -0.348 e. The summed E-state index contributed by atoms with van der Waals surface area (Å²) in [5, 5.41) is 2.57. The standard InChI is InChI=1S/C11H13FN2O.ClH/c12-6-9(7-13)8-14-11(15)10-4-2-1-3-5-10;/h1-6H,7-8,13H2,(H,14,15);1H/b9-6+;. The highest BCUT2D eigenvalue weighted by Gasteiger charge is 2.04. The van der Waals surface area contributed by atoms with Crippen LogP contribution in [0.1, 0.15) is 10.4 Å². The van der Waals surface area contributed by atoms with E-state index in [4.69, 9.17) is 5.73 Å². The first-order chi connectivity index (χ1) is 7.27. The number of carbonyl (C=O) groups is 1. The van der Waals surface area contributed by atoms with E-state index in [9.17, 15) is 9.18 Å². The van der Waals surface area contributed by atoms with E-state index in [0.717, 1.165) is 0 Å². The third-order valence-electron chi connectivity index (χ3n) is 1.93. The van der Waals surface area contributed by atoms with Crippen LogP contribution in [0.4, 0.5) is 4.39 Å². The summed E-state index contributed by atoms with van der Waals surface area (Å²) in [5.74, 6) is -0.233. The second-order valence-corrected chi connectivity index (χ2v) is 3.02. The van der Waals surface area contributed by atoms with E-state index in [1.807, 2.05) is 6.07 Å². The highest BCUT2D eigenvalue weighted by molar-refractivity contribution is 5.94. The molecule has 0 unspecified atom stereocenters. The maximum atomic E-state index is 12.1. The van der Waals surface area contributed by atoms with Gasteiger partial charge in [0.05, 0.1) is 6.33 Å². The van der Waals surface area contributed by atoms with Crippen LogP contribution < -0.4 is 11.1 Å². The van der Waals surface area contributed by atoms with Crippen molar-refractivity contribution in [2.45, 2.75) is 0 Å². The summed E-state index contributed by atoms with van der Waals surface area (Å²) in [4.78, 5) is 11.5. The summed E-state index contributed by atoms with van der Waals surface area (Å²) in [7, 11) is 0. The van der Waals surface area contributed by atoms with E-state index in [2.05, 4.69) is 5.32 Å². The summed E-state index contributed by atoms with van der Waals surface area (Å²) >= 11 is 0. The lowest BCUT2D eigenvalue weighted by Crippen LogP contribution is -2.27. The van der Waals surface area contributed by atoms with Gasteiger partial charge in [0.2, 0.25) is 0 Å². The van der Waals surface area contributed by atoms with Gasteiger partial charge in [0.1, 0.15) is 0 Å². The number of amides is 1. The molecule has 0 aromatic heterocycles. The molecule has 0 saturated carbocycles. The van der Waals surface area contributed by atoms with Gasteiger partial charge in [-0.05, 0) is 17.7 Å². The predicted molar refractivity (Wildman–Crippen MR) is 64.3 cm³/mol. The van der Waals surface area contributed by atoms with Gasteiger partial charge in [-0.2, -0.15) is 0 Å². The first kappa shape index (κ1) is 14.6. The van der Waals surface area contributed by atoms with Crippen LogP contribution in [0.5, 0.6) is 0 Å². The summed E-state index contributed by atoms with van der Waals surface area (Å²) in [5.41, 5.74) is 6.16. The van der Waals surface area contributed by atoms with Gasteiger partial charge in [-0.25, -0.2) is 4.39 Å². The number of benzene rings is 1. The first-order valence-electron chi connectivity index (χ1n) is 4.59. The van der Waals surface area contributed by atoms with Gasteiger partial charge in [-0.3, -0.25) is 4.79 Å². The molecule has 0 aliphatic heterocycles. The minimum absolute atomic E-state index is 0. The molecule has 5 heteroatoms. The third kappa shape index (κ3) is 4.42. The molecule has 0 radical (unpaired) electrons. The Morgan fingerprint density at radius 1 is 1.38 bits per heavy atom. The molecule has 3 N–H and O–H groups in total. The molecule has 0 aliphatic carbocycles. The molecule has 0 bridgehead atoms. The Morgan fingerprint density at radius 3 is 2.50 bits per heavy atom. The lowest BCUT2D eigenvalue weighted by atomic mass is 10.2. The number of nitrogens with one attached hydrogen (secondary N) is 1. The van der Waals surface area contributed by atoms with Crippen molar-refractivity contribution < 1.29 is 9.18 Å². The zero-order chi connectivity index (χ0) is 11.1. The fraction of sp³-hybridized carbons (Fsp3) is 0.182. The van der Waals surface area contributed by atoms with Gasteiger partial charge < -0.3 is 11.1 Å². The number of hydrogen-bond acceptors (Lipinski definition) is 2. The highest BCUT2D eigenvalue weighted by Crippen LogP contribution is 1.98. The molecule has 0 spiro atoms. The van der Waals surface area contributed by atoms with E-state index in [1.165, 1.54) is 0 Å². The molecule has 1 rings (SSSR count). The Balaban J connectivity index is 0.00000225. The SMILES string of the molecule is Cl.NC/C(=C\F)CNC(=O)c1ccccc1. The van der Waals surface area contributed by atoms with Gasteiger partial charge in [-0.15, -0.1) is 12.4 Å². The number of rotatable bonds is 4. The Labute approximate surface area is 99.9 Å². The summed E-state index contributed by atoms with van der Waals surface area (Å²) in [6, 6.07) is 8.74. The molecular weight excluding hydrogens is 231 g/mol. The van der Waals surface area contributed by atoms with E-state index in [1.54, 1.807) is 24.3 Å². The van der Waals surface area contributed by atoms with E-state index in [-0.39, 0.29) is 31.4 Å². The lowest BCUT2D eigenvalue weighted by molar-refractivity contribution is 0.0957. The predicted octanol–water partition coefficient (Wildman–Crippen LogP) is 1.65. The maximum Gasteiger partial charge on any atom is 0.251 e. The monoisotopic (exact) mass is 244 g/mol. The molecule has 0 fully saturated rings.